The van der Waals surface area contributed by atoms with Crippen molar-refractivity contribution >= 4 is 7.60 Å². The number of phenolic OH excluding ortho intramolecular Hbond substituents is 1. The van der Waals surface area contributed by atoms with Gasteiger partial charge in [0.05, 0.1) is 13.2 Å². The smallest absolute Gasteiger partial charge is 0.351 e. The Morgan fingerprint density at radius 3 is 1.69 bits per heavy atom. The van der Waals surface area contributed by atoms with E-state index in [0.29, 0.717) is 26.2 Å². The highest BCUT2D eigenvalue weighted by Gasteiger charge is 2.38. The highest BCUT2D eigenvalue weighted by molar-refractivity contribution is 7.54. The molecule has 1 aromatic rings. The molecule has 1 aromatic carbocycles. The first-order valence-electron chi connectivity index (χ1n) is 13.0. The number of hydrogen-bond acceptors (Lipinski definition) is 7. The van der Waals surface area contributed by atoms with Gasteiger partial charge in [-0.2, -0.15) is 0 Å². The van der Waals surface area contributed by atoms with Crippen LogP contribution in [-0.4, -0.2) is 44.4 Å². The summed E-state index contributed by atoms with van der Waals surface area (Å²) in [6, 6.07) is 3.88. The van der Waals surface area contributed by atoms with Crippen LogP contribution in [-0.2, 0) is 33.9 Å². The van der Waals surface area contributed by atoms with E-state index in [9.17, 15) is 9.67 Å². The Morgan fingerprint density at radius 1 is 0.857 bits per heavy atom. The van der Waals surface area contributed by atoms with E-state index in [2.05, 4.69) is 46.9 Å². The van der Waals surface area contributed by atoms with E-state index < -0.39 is 13.4 Å². The summed E-state index contributed by atoms with van der Waals surface area (Å²) in [7, 11) is -3.56. The average Bonchev–Trinajstić information content (AvgIpc) is 2.73. The van der Waals surface area contributed by atoms with E-state index in [0.717, 1.165) is 23.1 Å². The van der Waals surface area contributed by atoms with Gasteiger partial charge in [-0.1, -0.05) is 41.5 Å². The van der Waals surface area contributed by atoms with Gasteiger partial charge in [-0.25, -0.2) is 0 Å². The van der Waals surface area contributed by atoms with Crippen molar-refractivity contribution in [2.24, 2.45) is 0 Å². The number of hydrogen-bond donors (Lipinski definition) is 2. The third-order valence-electron chi connectivity index (χ3n) is 5.66. The molecule has 0 spiro atoms. The van der Waals surface area contributed by atoms with Gasteiger partial charge in [-0.15, -0.1) is 0 Å². The molecule has 8 heteroatoms. The van der Waals surface area contributed by atoms with Crippen molar-refractivity contribution < 1.29 is 28.2 Å². The summed E-state index contributed by atoms with van der Waals surface area (Å²) in [5.41, 5.74) is 1.77. The first-order valence-corrected chi connectivity index (χ1v) is 14.6. The van der Waals surface area contributed by atoms with Crippen molar-refractivity contribution in [2.45, 2.75) is 105 Å². The van der Waals surface area contributed by atoms with E-state index in [1.165, 1.54) is 0 Å². The van der Waals surface area contributed by atoms with E-state index >= 15 is 0 Å². The molecule has 0 aliphatic heterocycles. The van der Waals surface area contributed by atoms with Crippen molar-refractivity contribution in [3.8, 4) is 5.75 Å². The predicted octanol–water partition coefficient (Wildman–Crippen LogP) is 7.02. The number of rotatable bonds is 15. The fraction of sp³-hybridized carbons (Fsp3) is 0.778. The van der Waals surface area contributed by atoms with Gasteiger partial charge in [0.25, 0.3) is 0 Å². The third kappa shape index (κ3) is 9.46. The molecule has 0 bridgehead atoms. The van der Waals surface area contributed by atoms with Crippen molar-refractivity contribution in [3.05, 3.63) is 28.8 Å². The highest BCUT2D eigenvalue weighted by Crippen LogP contribution is 2.60. The van der Waals surface area contributed by atoms with Gasteiger partial charge in [-0.3, -0.25) is 9.88 Å². The lowest BCUT2D eigenvalue weighted by atomic mass is 9.78. The van der Waals surface area contributed by atoms with Gasteiger partial charge < -0.3 is 23.6 Å². The van der Waals surface area contributed by atoms with Crippen molar-refractivity contribution in [1.29, 1.82) is 0 Å². The Balaban J connectivity index is 3.47. The second-order valence-corrected chi connectivity index (χ2v) is 12.8. The molecule has 204 valence electrons. The zero-order chi connectivity index (χ0) is 26.9. The summed E-state index contributed by atoms with van der Waals surface area (Å²) in [5.74, 6) is -0.394. The first kappa shape index (κ1) is 32.1. The molecule has 0 aromatic heterocycles. The molecule has 1 unspecified atom stereocenters. The molecular weight excluding hydrogens is 465 g/mol. The molecule has 1 atom stereocenters. The van der Waals surface area contributed by atoms with Gasteiger partial charge in [-0.05, 0) is 86.7 Å². The summed E-state index contributed by atoms with van der Waals surface area (Å²) in [5, 5.41) is 14.6. The molecule has 2 N–H and O–H groups in total. The van der Waals surface area contributed by atoms with Crippen LogP contribution in [0.2, 0.25) is 0 Å². The highest BCUT2D eigenvalue weighted by atomic mass is 31.2. The largest absolute Gasteiger partial charge is 0.507 e. The zero-order valence-electron chi connectivity index (χ0n) is 23.7. The van der Waals surface area contributed by atoms with E-state index in [-0.39, 0.29) is 36.1 Å². The average molecular weight is 516 g/mol. The summed E-state index contributed by atoms with van der Waals surface area (Å²) in [6.07, 6.45) is 1.21. The molecule has 0 saturated heterocycles. The van der Waals surface area contributed by atoms with Crippen LogP contribution in [0.25, 0.3) is 0 Å². The molecule has 0 amide bonds. The lowest BCUT2D eigenvalue weighted by Crippen LogP contribution is -2.27. The van der Waals surface area contributed by atoms with Gasteiger partial charge in [0.1, 0.15) is 11.5 Å². The van der Waals surface area contributed by atoms with E-state index in [1.54, 1.807) is 0 Å². The van der Waals surface area contributed by atoms with E-state index in [1.807, 2.05) is 39.8 Å². The fourth-order valence-corrected chi connectivity index (χ4v) is 5.97. The van der Waals surface area contributed by atoms with Crippen LogP contribution in [0.1, 0.15) is 105 Å². The maximum atomic E-state index is 14.0. The minimum Gasteiger partial charge on any atom is -0.507 e. The molecule has 0 radical (unpaired) electrons. The second kappa shape index (κ2) is 14.1. The van der Waals surface area contributed by atoms with Crippen LogP contribution >= 0.6 is 7.60 Å². The summed E-state index contributed by atoms with van der Waals surface area (Å²) < 4.78 is 36.9. The summed E-state index contributed by atoms with van der Waals surface area (Å²) in [6.45, 7) is 22.2. The van der Waals surface area contributed by atoms with Gasteiger partial charge in [0.2, 0.25) is 0 Å². The maximum absolute atomic E-state index is 14.0. The van der Waals surface area contributed by atoms with Crippen LogP contribution in [0.3, 0.4) is 0 Å². The Kier molecular flexibility index (Phi) is 12.9. The minimum absolute atomic E-state index is 0.260. The Morgan fingerprint density at radius 2 is 1.31 bits per heavy atom. The maximum Gasteiger partial charge on any atom is 0.351 e. The zero-order valence-corrected chi connectivity index (χ0v) is 24.6. The predicted molar refractivity (Wildman–Crippen MR) is 143 cm³/mol. The Bertz CT molecular complexity index is 764. The van der Waals surface area contributed by atoms with Gasteiger partial charge >= 0.3 is 7.60 Å². The number of aromatic hydroxyl groups is 1. The van der Waals surface area contributed by atoms with Crippen LogP contribution in [0, 0.1) is 0 Å². The lowest BCUT2D eigenvalue weighted by molar-refractivity contribution is -0.139. The van der Waals surface area contributed by atoms with Crippen LogP contribution < -0.4 is 5.32 Å². The lowest BCUT2D eigenvalue weighted by Gasteiger charge is -2.32. The van der Waals surface area contributed by atoms with Crippen LogP contribution in [0.5, 0.6) is 5.75 Å². The molecule has 35 heavy (non-hydrogen) atoms. The number of benzene rings is 1. The van der Waals surface area contributed by atoms with Crippen molar-refractivity contribution in [3.63, 3.8) is 0 Å². The molecule has 1 rings (SSSR count). The Hall–Kier alpha value is -0.950. The standard InChI is InChI=1S/C27H50NO6P/c1-11-31-23(32-12-2)16-15-17-28-25(35(30,33-13-3)34-14-4)20-18-21(26(5,6)7)24(29)22(19-20)27(8,9)10/h18-19,23,25,28-29H,11-17H2,1-10H3. The third-order valence-corrected chi connectivity index (χ3v) is 8.01. The van der Waals surface area contributed by atoms with Crippen LogP contribution in [0.4, 0.5) is 0 Å². The SMILES string of the molecule is CCOC(CCCNC(c1cc(C(C)(C)C)c(O)c(C(C)(C)C)c1)P(=O)(OCC)OCC)OCC. The monoisotopic (exact) mass is 515 g/mol. The summed E-state index contributed by atoms with van der Waals surface area (Å²) >= 11 is 0. The van der Waals surface area contributed by atoms with Gasteiger partial charge in [0.15, 0.2) is 6.29 Å². The van der Waals surface area contributed by atoms with Crippen LogP contribution in [0.15, 0.2) is 12.1 Å². The number of nitrogens with one attached hydrogen (secondary N) is 1. The molecule has 0 fully saturated rings. The molecule has 0 heterocycles. The summed E-state index contributed by atoms with van der Waals surface area (Å²) in [4.78, 5) is 0. The molecular formula is C27H50NO6P. The fourth-order valence-electron chi connectivity index (χ4n) is 4.01. The molecule has 0 saturated carbocycles. The first-order chi connectivity index (χ1) is 16.2. The minimum atomic E-state index is -3.56. The van der Waals surface area contributed by atoms with Crippen molar-refractivity contribution in [1.82, 2.24) is 5.32 Å². The Labute approximate surface area is 213 Å². The second-order valence-electron chi connectivity index (χ2n) is 10.7. The van der Waals surface area contributed by atoms with E-state index in [4.69, 9.17) is 18.5 Å². The molecule has 0 aliphatic carbocycles. The number of phenols is 1. The number of ether oxygens (including phenoxy) is 2. The topological polar surface area (TPSA) is 86.2 Å². The van der Waals surface area contributed by atoms with Crippen molar-refractivity contribution in [2.75, 3.05) is 33.0 Å². The molecule has 7 nitrogen and oxygen atoms in total. The normalized spacial score (nSPS) is 14.0. The molecule has 0 aliphatic rings. The van der Waals surface area contributed by atoms with Gasteiger partial charge in [0, 0.05) is 13.2 Å². The quantitative estimate of drug-likeness (QED) is 0.147.